The molecule has 6 nitrogen and oxygen atoms in total. The molecule has 0 saturated heterocycles. The molecule has 0 unspecified atom stereocenters. The molecule has 0 bridgehead atoms. The summed E-state index contributed by atoms with van der Waals surface area (Å²) in [6, 6.07) is 7.63. The van der Waals surface area contributed by atoms with Crippen LogP contribution in [0.5, 0.6) is 0 Å². The van der Waals surface area contributed by atoms with Gasteiger partial charge in [-0.15, -0.1) is 5.10 Å². The van der Waals surface area contributed by atoms with Gasteiger partial charge in [-0.25, -0.2) is 4.68 Å². The lowest BCUT2D eigenvalue weighted by Gasteiger charge is -2.12. The lowest BCUT2D eigenvalue weighted by molar-refractivity contribution is -0.149. The van der Waals surface area contributed by atoms with Crippen molar-refractivity contribution in [1.82, 2.24) is 14.2 Å². The number of esters is 1. The Labute approximate surface area is 133 Å². The number of alkyl halides is 3. The van der Waals surface area contributed by atoms with Crippen LogP contribution in [0.4, 0.5) is 13.2 Å². The third kappa shape index (κ3) is 2.61. The Morgan fingerprint density at radius 2 is 1.96 bits per heavy atom. The maximum Gasteiger partial charge on any atom is 0.451 e. The van der Waals surface area contributed by atoms with Crippen LogP contribution in [0.25, 0.3) is 16.4 Å². The molecule has 126 valence electrons. The smallest absolute Gasteiger partial charge is 0.451 e. The van der Waals surface area contributed by atoms with E-state index in [9.17, 15) is 22.8 Å². The van der Waals surface area contributed by atoms with Crippen molar-refractivity contribution in [3.8, 4) is 0 Å². The van der Waals surface area contributed by atoms with Crippen molar-refractivity contribution in [2.45, 2.75) is 19.6 Å². The zero-order valence-corrected chi connectivity index (χ0v) is 12.5. The van der Waals surface area contributed by atoms with Crippen LogP contribution in [-0.4, -0.2) is 26.8 Å². The molecule has 0 fully saturated rings. The van der Waals surface area contributed by atoms with Crippen LogP contribution in [0.1, 0.15) is 12.7 Å². The highest BCUT2D eigenvalue weighted by molar-refractivity contribution is 5.87. The Morgan fingerprint density at radius 1 is 1.25 bits per heavy atom. The van der Waals surface area contributed by atoms with Gasteiger partial charge in [0.2, 0.25) is 5.82 Å². The lowest BCUT2D eigenvalue weighted by atomic mass is 10.2. The molecule has 0 amide bonds. The average Bonchev–Trinajstić information content (AvgIpc) is 2.89. The van der Waals surface area contributed by atoms with Crippen LogP contribution in [0.15, 0.2) is 35.1 Å². The van der Waals surface area contributed by atoms with Gasteiger partial charge in [-0.05, 0) is 19.1 Å². The summed E-state index contributed by atoms with van der Waals surface area (Å²) >= 11 is 0. The van der Waals surface area contributed by atoms with E-state index >= 15 is 0 Å². The predicted octanol–water partition coefficient (Wildman–Crippen LogP) is 2.23. The Kier molecular flexibility index (Phi) is 3.78. The minimum Gasteiger partial charge on any atom is -0.465 e. The normalized spacial score (nSPS) is 12.0. The molecule has 0 radical (unpaired) electrons. The summed E-state index contributed by atoms with van der Waals surface area (Å²) in [4.78, 5) is 23.9. The number of rotatable bonds is 3. The van der Waals surface area contributed by atoms with E-state index in [0.717, 1.165) is 4.40 Å². The van der Waals surface area contributed by atoms with Crippen molar-refractivity contribution >= 4 is 22.4 Å². The third-order valence-electron chi connectivity index (χ3n) is 3.43. The summed E-state index contributed by atoms with van der Waals surface area (Å²) in [7, 11) is 0. The van der Waals surface area contributed by atoms with Crippen molar-refractivity contribution < 1.29 is 22.7 Å². The fourth-order valence-electron chi connectivity index (χ4n) is 2.50. The van der Waals surface area contributed by atoms with Crippen molar-refractivity contribution in [1.29, 1.82) is 0 Å². The molecule has 3 rings (SSSR count). The van der Waals surface area contributed by atoms with Crippen LogP contribution in [0.3, 0.4) is 0 Å². The molecule has 2 aromatic heterocycles. The zero-order chi connectivity index (χ0) is 17.5. The first-order valence-electron chi connectivity index (χ1n) is 7.07. The molecule has 0 saturated carbocycles. The van der Waals surface area contributed by atoms with Crippen molar-refractivity contribution in [2.24, 2.45) is 0 Å². The van der Waals surface area contributed by atoms with Crippen LogP contribution in [0, 0.1) is 0 Å². The quantitative estimate of drug-likeness (QED) is 0.687. The van der Waals surface area contributed by atoms with E-state index in [1.807, 2.05) is 0 Å². The number of para-hydroxylation sites is 1. The molecular weight excluding hydrogens is 327 g/mol. The number of carbonyl (C=O) groups is 1. The highest BCUT2D eigenvalue weighted by atomic mass is 19.4. The molecule has 0 aliphatic heterocycles. The van der Waals surface area contributed by atoms with Crippen LogP contribution < -0.4 is 5.56 Å². The number of nitrogens with zero attached hydrogens (tertiary/aromatic N) is 3. The van der Waals surface area contributed by atoms with E-state index in [2.05, 4.69) is 9.84 Å². The van der Waals surface area contributed by atoms with Gasteiger partial charge in [-0.1, -0.05) is 18.2 Å². The monoisotopic (exact) mass is 339 g/mol. The number of ether oxygens (including phenoxy) is 1. The van der Waals surface area contributed by atoms with Gasteiger partial charge in [0.25, 0.3) is 5.56 Å². The Bertz CT molecular complexity index is 988. The number of halogens is 3. The summed E-state index contributed by atoms with van der Waals surface area (Å²) in [5.74, 6) is -2.11. The highest BCUT2D eigenvalue weighted by Crippen LogP contribution is 2.30. The topological polar surface area (TPSA) is 65.6 Å². The largest absolute Gasteiger partial charge is 0.465 e. The first kappa shape index (κ1) is 16.0. The molecule has 2 heterocycles. The second-order valence-electron chi connectivity index (χ2n) is 5.01. The van der Waals surface area contributed by atoms with E-state index in [-0.39, 0.29) is 17.6 Å². The van der Waals surface area contributed by atoms with Gasteiger partial charge < -0.3 is 4.74 Å². The molecule has 0 N–H and O–H groups in total. The number of benzene rings is 1. The summed E-state index contributed by atoms with van der Waals surface area (Å²) < 4.78 is 46.1. The van der Waals surface area contributed by atoms with Crippen LogP contribution >= 0.6 is 0 Å². The van der Waals surface area contributed by atoms with Gasteiger partial charge >= 0.3 is 12.1 Å². The van der Waals surface area contributed by atoms with Gasteiger partial charge in [-0.2, -0.15) is 13.2 Å². The summed E-state index contributed by atoms with van der Waals surface area (Å²) in [6.45, 7) is 0.920. The molecule has 1 aromatic carbocycles. The molecule has 0 atom stereocenters. The minimum atomic E-state index is -4.80. The third-order valence-corrected chi connectivity index (χ3v) is 3.43. The lowest BCUT2D eigenvalue weighted by Crippen LogP contribution is -2.32. The SMILES string of the molecule is CCOC(=O)Cn1nc(C(F)(F)F)n2c(cc3ccccc32)c1=O. The first-order chi connectivity index (χ1) is 11.3. The maximum absolute atomic E-state index is 13.4. The van der Waals surface area contributed by atoms with E-state index < -0.39 is 30.1 Å². The summed E-state index contributed by atoms with van der Waals surface area (Å²) in [5.41, 5.74) is -0.789. The Morgan fingerprint density at radius 3 is 2.62 bits per heavy atom. The molecular formula is C15H12F3N3O3. The number of hydrogen-bond donors (Lipinski definition) is 0. The van der Waals surface area contributed by atoms with Gasteiger partial charge in [0, 0.05) is 5.39 Å². The maximum atomic E-state index is 13.4. The van der Waals surface area contributed by atoms with Crippen LogP contribution in [-0.2, 0) is 22.3 Å². The number of carbonyl (C=O) groups excluding carboxylic acids is 1. The molecule has 9 heteroatoms. The predicted molar refractivity (Wildman–Crippen MR) is 78.6 cm³/mol. The number of aromatic nitrogens is 3. The van der Waals surface area contributed by atoms with E-state index in [1.165, 1.54) is 12.1 Å². The summed E-state index contributed by atoms with van der Waals surface area (Å²) in [6.07, 6.45) is -4.80. The van der Waals surface area contributed by atoms with Crippen molar-refractivity contribution in [3.63, 3.8) is 0 Å². The van der Waals surface area contributed by atoms with Crippen LogP contribution in [0.2, 0.25) is 0 Å². The fourth-order valence-corrected chi connectivity index (χ4v) is 2.50. The summed E-state index contributed by atoms with van der Waals surface area (Å²) in [5, 5.41) is 3.83. The Hall–Kier alpha value is -2.84. The average molecular weight is 339 g/mol. The molecule has 0 aliphatic carbocycles. The molecule has 0 aliphatic rings. The van der Waals surface area contributed by atoms with Gasteiger partial charge in [-0.3, -0.25) is 14.0 Å². The number of hydrogen-bond acceptors (Lipinski definition) is 4. The van der Waals surface area contributed by atoms with E-state index in [1.54, 1.807) is 25.1 Å². The van der Waals surface area contributed by atoms with E-state index in [4.69, 9.17) is 0 Å². The van der Waals surface area contributed by atoms with Gasteiger partial charge in [0.1, 0.15) is 12.1 Å². The van der Waals surface area contributed by atoms with Gasteiger partial charge in [0.05, 0.1) is 12.1 Å². The first-order valence-corrected chi connectivity index (χ1v) is 7.07. The van der Waals surface area contributed by atoms with Crippen molar-refractivity contribution in [2.75, 3.05) is 6.61 Å². The molecule has 3 aromatic rings. The molecule has 0 spiro atoms. The standard InChI is InChI=1S/C15H12F3N3O3/c1-2-24-12(22)8-20-13(23)11-7-9-5-3-4-6-10(9)21(11)14(19-20)15(16,17)18/h3-7H,2,8H2,1H3. The second-order valence-corrected chi connectivity index (χ2v) is 5.01. The van der Waals surface area contributed by atoms with Gasteiger partial charge in [0.15, 0.2) is 0 Å². The second kappa shape index (κ2) is 5.66. The molecule has 24 heavy (non-hydrogen) atoms. The van der Waals surface area contributed by atoms with Crippen molar-refractivity contribution in [3.05, 3.63) is 46.5 Å². The highest BCUT2D eigenvalue weighted by Gasteiger charge is 2.38. The Balaban J connectivity index is 2.33. The number of fused-ring (bicyclic) bond motifs is 3. The zero-order valence-electron chi connectivity index (χ0n) is 12.5. The minimum absolute atomic E-state index is 0.0525. The fraction of sp³-hybridized carbons (Fsp3) is 0.267. The van der Waals surface area contributed by atoms with E-state index in [0.29, 0.717) is 10.1 Å².